The van der Waals surface area contributed by atoms with Crippen molar-refractivity contribution < 1.29 is 19.2 Å². The highest BCUT2D eigenvalue weighted by Gasteiger charge is 2.42. The van der Waals surface area contributed by atoms with E-state index in [1.54, 1.807) is 16.7 Å². The maximum Gasteiger partial charge on any atom is 0.242 e. The van der Waals surface area contributed by atoms with Crippen molar-refractivity contribution >= 4 is 52.4 Å². The van der Waals surface area contributed by atoms with Crippen molar-refractivity contribution in [3.8, 4) is 0 Å². The molecule has 2 aromatic rings. The number of para-hydroxylation sites is 1. The van der Waals surface area contributed by atoms with E-state index in [1.165, 1.54) is 18.0 Å². The summed E-state index contributed by atoms with van der Waals surface area (Å²) < 4.78 is 5.79. The van der Waals surface area contributed by atoms with E-state index in [1.807, 2.05) is 30.3 Å². The van der Waals surface area contributed by atoms with Crippen LogP contribution >= 0.6 is 23.5 Å². The molecule has 2 aliphatic heterocycles. The normalized spacial score (nSPS) is 25.1. The van der Waals surface area contributed by atoms with Crippen molar-refractivity contribution in [2.24, 2.45) is 5.16 Å². The summed E-state index contributed by atoms with van der Waals surface area (Å²) in [4.78, 5) is 27.5. The molecule has 0 spiro atoms. The number of furan rings is 1. The molecule has 28 heavy (non-hydrogen) atoms. The van der Waals surface area contributed by atoms with Crippen molar-refractivity contribution in [2.45, 2.75) is 30.2 Å². The van der Waals surface area contributed by atoms with Gasteiger partial charge in [0.2, 0.25) is 5.91 Å². The third kappa shape index (κ3) is 3.92. The lowest BCUT2D eigenvalue weighted by Gasteiger charge is -2.26. The zero-order valence-corrected chi connectivity index (χ0v) is 16.7. The SMILES string of the molecule is O=C(CCc1cc2ccccc2o1)C1SCN[C@@H]1C(=O)N1CSC[C@H]1C=NO. The van der Waals surface area contributed by atoms with Gasteiger partial charge < -0.3 is 14.5 Å². The predicted molar refractivity (Wildman–Crippen MR) is 111 cm³/mol. The Morgan fingerprint density at radius 2 is 2.25 bits per heavy atom. The van der Waals surface area contributed by atoms with Crippen molar-refractivity contribution in [3.05, 3.63) is 36.1 Å². The molecule has 4 rings (SSSR count). The number of carbonyl (C=O) groups is 2. The zero-order valence-electron chi connectivity index (χ0n) is 15.1. The maximum atomic E-state index is 13.0. The van der Waals surface area contributed by atoms with E-state index in [4.69, 9.17) is 9.62 Å². The van der Waals surface area contributed by atoms with Crippen LogP contribution in [0.4, 0.5) is 0 Å². The Hall–Kier alpha value is -1.97. The first-order valence-electron chi connectivity index (χ1n) is 9.08. The molecule has 0 radical (unpaired) electrons. The fourth-order valence-electron chi connectivity index (χ4n) is 3.54. The largest absolute Gasteiger partial charge is 0.461 e. The minimum absolute atomic E-state index is 0.0491. The van der Waals surface area contributed by atoms with E-state index >= 15 is 0 Å². The predicted octanol–water partition coefficient (Wildman–Crippen LogP) is 2.33. The molecule has 0 aliphatic carbocycles. The van der Waals surface area contributed by atoms with Crippen LogP contribution in [-0.2, 0) is 16.0 Å². The summed E-state index contributed by atoms with van der Waals surface area (Å²) in [5.41, 5.74) is 0.818. The number of hydrogen-bond acceptors (Lipinski definition) is 8. The van der Waals surface area contributed by atoms with Gasteiger partial charge in [0.1, 0.15) is 23.2 Å². The van der Waals surface area contributed by atoms with Gasteiger partial charge in [-0.2, -0.15) is 0 Å². The number of Topliss-reactive ketones (excluding diaryl/α,β-unsaturated/α-hetero) is 1. The Balaban J connectivity index is 1.39. The number of hydrogen-bond donors (Lipinski definition) is 2. The van der Waals surface area contributed by atoms with Gasteiger partial charge in [-0.25, -0.2) is 0 Å². The van der Waals surface area contributed by atoms with Gasteiger partial charge >= 0.3 is 0 Å². The van der Waals surface area contributed by atoms with Crippen molar-refractivity contribution in [2.75, 3.05) is 17.5 Å². The summed E-state index contributed by atoms with van der Waals surface area (Å²) in [6, 6.07) is 8.95. The van der Waals surface area contributed by atoms with E-state index in [2.05, 4.69) is 10.5 Å². The molecule has 2 saturated heterocycles. The zero-order chi connectivity index (χ0) is 19.5. The van der Waals surface area contributed by atoms with E-state index in [9.17, 15) is 9.59 Å². The number of oxime groups is 1. The van der Waals surface area contributed by atoms with Gasteiger partial charge in [-0.05, 0) is 12.1 Å². The summed E-state index contributed by atoms with van der Waals surface area (Å²) in [7, 11) is 0. The molecule has 148 valence electrons. The van der Waals surface area contributed by atoms with Gasteiger partial charge in [0.15, 0.2) is 0 Å². The highest BCUT2D eigenvalue weighted by Crippen LogP contribution is 2.29. The molecule has 0 saturated carbocycles. The lowest BCUT2D eigenvalue weighted by Crippen LogP contribution is -2.51. The van der Waals surface area contributed by atoms with E-state index in [0.29, 0.717) is 30.3 Å². The minimum atomic E-state index is -0.540. The Morgan fingerprint density at radius 3 is 3.07 bits per heavy atom. The van der Waals surface area contributed by atoms with Crippen LogP contribution in [0.2, 0.25) is 0 Å². The second-order valence-electron chi connectivity index (χ2n) is 6.77. The molecular weight excluding hydrogens is 398 g/mol. The molecule has 9 heteroatoms. The smallest absolute Gasteiger partial charge is 0.242 e. The topological polar surface area (TPSA) is 95.1 Å². The van der Waals surface area contributed by atoms with Gasteiger partial charge in [-0.1, -0.05) is 23.4 Å². The summed E-state index contributed by atoms with van der Waals surface area (Å²) >= 11 is 3.08. The summed E-state index contributed by atoms with van der Waals surface area (Å²) in [5, 5.41) is 15.7. The van der Waals surface area contributed by atoms with E-state index < -0.39 is 11.3 Å². The van der Waals surface area contributed by atoms with Crippen LogP contribution < -0.4 is 5.32 Å². The number of amides is 1. The molecule has 1 amide bonds. The van der Waals surface area contributed by atoms with Crippen LogP contribution in [0, 0.1) is 0 Å². The van der Waals surface area contributed by atoms with Crippen LogP contribution in [-0.4, -0.2) is 62.9 Å². The number of aryl methyl sites for hydroxylation is 1. The van der Waals surface area contributed by atoms with Gasteiger partial charge in [0.25, 0.3) is 0 Å². The summed E-state index contributed by atoms with van der Waals surface area (Å²) in [6.07, 6.45) is 2.22. The number of nitrogens with zero attached hydrogens (tertiary/aromatic N) is 2. The van der Waals surface area contributed by atoms with Crippen molar-refractivity contribution in [3.63, 3.8) is 0 Å². The Labute approximate surface area is 170 Å². The lowest BCUT2D eigenvalue weighted by atomic mass is 10.0. The Morgan fingerprint density at radius 1 is 1.39 bits per heavy atom. The first-order valence-corrected chi connectivity index (χ1v) is 11.3. The third-order valence-electron chi connectivity index (χ3n) is 4.99. The van der Waals surface area contributed by atoms with Gasteiger partial charge in [-0.3, -0.25) is 14.9 Å². The monoisotopic (exact) mass is 419 g/mol. The summed E-state index contributed by atoms with van der Waals surface area (Å²) in [5.74, 6) is 2.52. The van der Waals surface area contributed by atoms with Crippen LogP contribution in [0.3, 0.4) is 0 Å². The van der Waals surface area contributed by atoms with Crippen molar-refractivity contribution in [1.29, 1.82) is 0 Å². The molecule has 2 fully saturated rings. The first-order chi connectivity index (χ1) is 13.7. The molecule has 0 bridgehead atoms. The Kier molecular flexibility index (Phi) is 5.93. The standard InChI is InChI=1S/C19H21N3O4S2/c23-15(6-5-14-7-12-3-1-2-4-16(12)26-14)18-17(20-10-28-18)19(24)22-11-27-9-13(22)8-21-25/h1-4,7-8,13,17-18,20,25H,5-6,9-11H2/t13-,17+,18?/m1/s1. The van der Waals surface area contributed by atoms with E-state index in [-0.39, 0.29) is 17.7 Å². The van der Waals surface area contributed by atoms with Gasteiger partial charge in [0, 0.05) is 29.9 Å². The molecule has 7 nitrogen and oxygen atoms in total. The number of thioether (sulfide) groups is 2. The maximum absolute atomic E-state index is 13.0. The molecule has 1 aromatic heterocycles. The number of rotatable bonds is 6. The lowest BCUT2D eigenvalue weighted by molar-refractivity contribution is -0.134. The fraction of sp³-hybridized carbons (Fsp3) is 0.421. The van der Waals surface area contributed by atoms with Gasteiger partial charge in [-0.15, -0.1) is 23.5 Å². The average molecular weight is 420 g/mol. The van der Waals surface area contributed by atoms with Crippen LogP contribution in [0.15, 0.2) is 39.9 Å². The third-order valence-corrected chi connectivity index (χ3v) is 7.25. The highest BCUT2D eigenvalue weighted by atomic mass is 32.2. The van der Waals surface area contributed by atoms with Crippen molar-refractivity contribution in [1.82, 2.24) is 10.2 Å². The second kappa shape index (κ2) is 8.59. The number of fused-ring (bicyclic) bond motifs is 1. The molecule has 2 aliphatic rings. The van der Waals surface area contributed by atoms with Crippen LogP contribution in [0.5, 0.6) is 0 Å². The molecule has 3 atom stereocenters. The molecule has 3 heterocycles. The molecule has 1 unspecified atom stereocenters. The quantitative estimate of drug-likeness (QED) is 0.421. The van der Waals surface area contributed by atoms with E-state index in [0.717, 1.165) is 16.7 Å². The minimum Gasteiger partial charge on any atom is -0.461 e. The highest BCUT2D eigenvalue weighted by molar-refractivity contribution is 8.01. The fourth-order valence-corrected chi connectivity index (χ4v) is 5.83. The summed E-state index contributed by atoms with van der Waals surface area (Å²) in [6.45, 7) is 0. The number of ketones is 1. The average Bonchev–Trinajstić information content (AvgIpc) is 3.44. The van der Waals surface area contributed by atoms with Crippen LogP contribution in [0.1, 0.15) is 12.2 Å². The van der Waals surface area contributed by atoms with Crippen LogP contribution in [0.25, 0.3) is 11.0 Å². The number of nitrogens with one attached hydrogen (secondary N) is 1. The Bertz CT molecular complexity index is 867. The van der Waals surface area contributed by atoms with Gasteiger partial charge in [0.05, 0.1) is 23.4 Å². The number of carbonyl (C=O) groups excluding carboxylic acids is 2. The second-order valence-corrected chi connectivity index (χ2v) is 8.90. The first kappa shape index (κ1) is 19.4. The molecular formula is C19H21N3O4S2. The number of benzene rings is 1. The molecule has 2 N–H and O–H groups in total. The molecule has 1 aromatic carbocycles.